The van der Waals surface area contributed by atoms with Crippen LogP contribution in [0.3, 0.4) is 0 Å². The number of benzene rings is 2. The molecule has 2 aromatic heterocycles. The molecule has 0 saturated carbocycles. The first-order chi connectivity index (χ1) is 13.5. The van der Waals surface area contributed by atoms with Crippen LogP contribution in [0.2, 0.25) is 0 Å². The van der Waals surface area contributed by atoms with E-state index in [0.29, 0.717) is 24.6 Å². The van der Waals surface area contributed by atoms with E-state index in [1.54, 1.807) is 22.6 Å². The molecule has 0 amide bonds. The number of nitrogens with zero attached hydrogens (tertiary/aromatic N) is 2. The predicted molar refractivity (Wildman–Crippen MR) is 114 cm³/mol. The molecule has 0 unspecified atom stereocenters. The van der Waals surface area contributed by atoms with Gasteiger partial charge in [-0.25, -0.2) is 14.2 Å². The highest BCUT2D eigenvalue weighted by atomic mass is 127. The van der Waals surface area contributed by atoms with Gasteiger partial charge >= 0.3 is 5.97 Å². The number of aromatic nitrogens is 2. The first kappa shape index (κ1) is 18.7. The van der Waals surface area contributed by atoms with Crippen molar-refractivity contribution in [3.63, 3.8) is 0 Å². The van der Waals surface area contributed by atoms with E-state index in [9.17, 15) is 9.59 Å². The van der Waals surface area contributed by atoms with Crippen molar-refractivity contribution in [2.24, 2.45) is 0 Å². The number of carboxylic acid groups (broad SMARTS) is 1. The molecule has 0 saturated heterocycles. The van der Waals surface area contributed by atoms with Gasteiger partial charge < -0.3 is 14.6 Å². The van der Waals surface area contributed by atoms with E-state index < -0.39 is 12.6 Å². The molecule has 0 fully saturated rings. The van der Waals surface area contributed by atoms with Gasteiger partial charge in [0.05, 0.1) is 26.2 Å². The van der Waals surface area contributed by atoms with Gasteiger partial charge in [-0.1, -0.05) is 23.5 Å². The number of rotatable bonds is 5. The lowest BCUT2D eigenvalue weighted by Crippen LogP contribution is -2.22. The highest BCUT2D eigenvalue weighted by Crippen LogP contribution is 2.34. The fourth-order valence-electron chi connectivity index (χ4n) is 2.86. The molecule has 4 rings (SSSR count). The van der Waals surface area contributed by atoms with Crippen LogP contribution in [0.1, 0.15) is 5.56 Å². The lowest BCUT2D eigenvalue weighted by Gasteiger charge is -2.12. The smallest absolute Gasteiger partial charge is 0.341 e. The Balaban J connectivity index is 1.82. The molecule has 1 N–H and O–H groups in total. The Bertz CT molecular complexity index is 1330. The number of thiazole rings is 1. The van der Waals surface area contributed by atoms with Crippen LogP contribution >= 0.6 is 33.9 Å². The van der Waals surface area contributed by atoms with E-state index in [0.717, 1.165) is 16.6 Å². The third-order valence-electron chi connectivity index (χ3n) is 4.03. The van der Waals surface area contributed by atoms with Crippen LogP contribution < -0.4 is 19.6 Å². The van der Waals surface area contributed by atoms with Crippen molar-refractivity contribution in [3.05, 3.63) is 60.4 Å². The Morgan fingerprint density at radius 3 is 2.89 bits per heavy atom. The van der Waals surface area contributed by atoms with Crippen molar-refractivity contribution >= 4 is 62.0 Å². The summed E-state index contributed by atoms with van der Waals surface area (Å²) in [5.41, 5.74) is 2.18. The number of hydrogen-bond donors (Lipinski definition) is 1. The zero-order chi connectivity index (χ0) is 19.8. The van der Waals surface area contributed by atoms with Crippen LogP contribution in [-0.4, -0.2) is 34.2 Å². The Kier molecular flexibility index (Phi) is 4.94. The number of methoxy groups -OCH3 is 1. The highest BCUT2D eigenvalue weighted by Gasteiger charge is 2.14. The van der Waals surface area contributed by atoms with Gasteiger partial charge in [-0.3, -0.25) is 4.79 Å². The number of ether oxygens (including phenoxy) is 2. The number of aliphatic carboxylic acids is 1. The van der Waals surface area contributed by atoms with Crippen LogP contribution in [0.15, 0.2) is 41.2 Å². The van der Waals surface area contributed by atoms with Crippen LogP contribution in [0.4, 0.5) is 0 Å². The lowest BCUT2D eigenvalue weighted by molar-refractivity contribution is -0.139. The summed E-state index contributed by atoms with van der Waals surface area (Å²) in [6.07, 6.45) is 1.77. The van der Waals surface area contributed by atoms with Crippen molar-refractivity contribution in [2.45, 2.75) is 0 Å². The molecule has 0 atom stereocenters. The van der Waals surface area contributed by atoms with Gasteiger partial charge in [0, 0.05) is 0 Å². The van der Waals surface area contributed by atoms with Gasteiger partial charge in [0.15, 0.2) is 23.1 Å². The maximum Gasteiger partial charge on any atom is 0.341 e. The molecule has 0 bridgehead atoms. The maximum atomic E-state index is 12.9. The first-order valence-corrected chi connectivity index (χ1v) is 10.0. The van der Waals surface area contributed by atoms with Crippen molar-refractivity contribution in [1.29, 1.82) is 0 Å². The van der Waals surface area contributed by atoms with Crippen LogP contribution in [0.25, 0.3) is 22.1 Å². The second-order valence-electron chi connectivity index (χ2n) is 5.85. The molecule has 4 aromatic rings. The second kappa shape index (κ2) is 7.40. The van der Waals surface area contributed by atoms with Crippen LogP contribution in [0, 0.1) is 3.57 Å². The fourth-order valence-corrected chi connectivity index (χ4v) is 4.63. The van der Waals surface area contributed by atoms with Crippen molar-refractivity contribution in [3.8, 4) is 11.5 Å². The van der Waals surface area contributed by atoms with E-state index in [-0.39, 0.29) is 5.56 Å². The van der Waals surface area contributed by atoms with Crippen LogP contribution in [-0.2, 0) is 4.79 Å². The Morgan fingerprint density at radius 2 is 2.14 bits per heavy atom. The van der Waals surface area contributed by atoms with E-state index >= 15 is 0 Å². The summed E-state index contributed by atoms with van der Waals surface area (Å²) in [6.45, 7) is -0.463. The van der Waals surface area contributed by atoms with E-state index in [1.165, 1.54) is 18.4 Å². The monoisotopic (exact) mass is 508 g/mol. The number of halogens is 1. The number of carbonyl (C=O) groups is 1. The zero-order valence-electron chi connectivity index (χ0n) is 14.5. The third-order valence-corrected chi connectivity index (χ3v) is 5.80. The summed E-state index contributed by atoms with van der Waals surface area (Å²) in [6, 6.07) is 11.0. The average Bonchev–Trinajstić information content (AvgIpc) is 3.16. The molecule has 2 aromatic carbocycles. The van der Waals surface area contributed by atoms with E-state index in [2.05, 4.69) is 4.98 Å². The molecular formula is C19H13IN2O5S. The Morgan fingerprint density at radius 1 is 1.36 bits per heavy atom. The van der Waals surface area contributed by atoms with Crippen molar-refractivity contribution in [2.75, 3.05) is 13.7 Å². The highest BCUT2D eigenvalue weighted by molar-refractivity contribution is 14.1. The maximum absolute atomic E-state index is 12.9. The molecule has 0 spiro atoms. The minimum atomic E-state index is -1.07. The van der Waals surface area contributed by atoms with Crippen molar-refractivity contribution in [1.82, 2.24) is 9.38 Å². The summed E-state index contributed by atoms with van der Waals surface area (Å²) in [4.78, 5) is 28.8. The van der Waals surface area contributed by atoms with Crippen molar-refractivity contribution < 1.29 is 19.4 Å². The summed E-state index contributed by atoms with van der Waals surface area (Å²) < 4.78 is 13.5. The zero-order valence-corrected chi connectivity index (χ0v) is 17.5. The van der Waals surface area contributed by atoms with Gasteiger partial charge in [0.25, 0.3) is 5.56 Å². The summed E-state index contributed by atoms with van der Waals surface area (Å²) in [7, 11) is 1.48. The van der Waals surface area contributed by atoms with Gasteiger partial charge in [0.1, 0.15) is 0 Å². The van der Waals surface area contributed by atoms with Crippen LogP contribution in [0.5, 0.6) is 11.5 Å². The minimum absolute atomic E-state index is 0.131. The summed E-state index contributed by atoms with van der Waals surface area (Å²) in [5, 5.41) is 8.82. The molecule has 0 radical (unpaired) electrons. The largest absolute Gasteiger partial charge is 0.493 e. The SMILES string of the molecule is COc1cc(/C=c2/sc3nc4ccccc4n3c2=O)cc(I)c1OCC(=O)O. The quantitative estimate of drug-likeness (QED) is 0.417. The number of carboxylic acids is 1. The topological polar surface area (TPSA) is 90.1 Å². The number of hydrogen-bond acceptors (Lipinski definition) is 6. The molecule has 142 valence electrons. The third kappa shape index (κ3) is 3.31. The Hall–Kier alpha value is -2.66. The lowest BCUT2D eigenvalue weighted by atomic mass is 10.2. The average molecular weight is 508 g/mol. The molecule has 7 nitrogen and oxygen atoms in total. The molecule has 9 heteroatoms. The van der Waals surface area contributed by atoms with Gasteiger partial charge in [-0.15, -0.1) is 0 Å². The Labute approximate surface area is 176 Å². The predicted octanol–water partition coefficient (Wildman–Crippen LogP) is 2.53. The molecule has 2 heterocycles. The number of imidazole rings is 1. The molecule has 28 heavy (non-hydrogen) atoms. The molecule has 0 aliphatic rings. The summed E-state index contributed by atoms with van der Waals surface area (Å²) >= 11 is 3.36. The molecule has 0 aliphatic carbocycles. The standard InChI is InChI=1S/C19H13IN2O5S/c1-26-14-7-10(6-11(20)17(14)27-9-16(23)24)8-15-18(25)22-13-5-3-2-4-12(13)21-19(22)28-15/h2-8H,9H2,1H3,(H,23,24)/b15-8+. The number of para-hydroxylation sites is 2. The number of fused-ring (bicyclic) bond motifs is 3. The van der Waals surface area contributed by atoms with E-state index in [1.807, 2.05) is 46.9 Å². The van der Waals surface area contributed by atoms with Gasteiger partial charge in [0.2, 0.25) is 0 Å². The second-order valence-corrected chi connectivity index (χ2v) is 8.02. The molecule has 0 aliphatic heterocycles. The minimum Gasteiger partial charge on any atom is -0.493 e. The van der Waals surface area contributed by atoms with E-state index in [4.69, 9.17) is 14.6 Å². The fraction of sp³-hybridized carbons (Fsp3) is 0.105. The van der Waals surface area contributed by atoms with Gasteiger partial charge in [-0.2, -0.15) is 0 Å². The molecular weight excluding hydrogens is 495 g/mol. The first-order valence-electron chi connectivity index (χ1n) is 8.12. The van der Waals surface area contributed by atoms with Gasteiger partial charge in [-0.05, 0) is 58.5 Å². The normalized spacial score (nSPS) is 12.0. The summed E-state index contributed by atoms with van der Waals surface area (Å²) in [5.74, 6) is -0.311.